The number of fused-ring (bicyclic) bond motifs is 1. The number of Topliss-reactive ketones (excluding diaryl/α,β-unsaturated/α-hetero) is 2. The van der Waals surface area contributed by atoms with Gasteiger partial charge < -0.3 is 4.79 Å². The van der Waals surface area contributed by atoms with E-state index >= 15 is 0 Å². The van der Waals surface area contributed by atoms with Gasteiger partial charge in [0.25, 0.3) is 0 Å². The molecule has 18 heavy (non-hydrogen) atoms. The van der Waals surface area contributed by atoms with Gasteiger partial charge in [-0.2, -0.15) is 0 Å². The largest absolute Gasteiger partial charge is 0.303 e. The Morgan fingerprint density at radius 2 is 1.72 bits per heavy atom. The number of hydrogen-bond acceptors (Lipinski definition) is 3. The lowest BCUT2D eigenvalue weighted by Gasteiger charge is -2.23. The second-order valence-corrected chi connectivity index (χ2v) is 4.46. The van der Waals surface area contributed by atoms with Crippen molar-refractivity contribution in [2.75, 3.05) is 0 Å². The molecular weight excluding hydrogens is 228 g/mol. The summed E-state index contributed by atoms with van der Waals surface area (Å²) in [5, 5.41) is 0. The summed E-state index contributed by atoms with van der Waals surface area (Å²) in [6.45, 7) is 0. The number of aldehydes is 1. The van der Waals surface area contributed by atoms with Crippen LogP contribution in [0.25, 0.3) is 0 Å². The molecule has 0 heterocycles. The number of carbonyl (C=O) groups excluding carboxylic acids is 3. The molecule has 3 heteroatoms. The van der Waals surface area contributed by atoms with Crippen LogP contribution in [0.5, 0.6) is 0 Å². The standard InChI is InChI=1S/C15H10O3/c16-8-9-5-6-12-13(7-9)15(18)11-4-2-1-3-10(11)14(12)17/h1-6,8-9H,7H2. The van der Waals surface area contributed by atoms with Gasteiger partial charge in [-0.1, -0.05) is 36.4 Å². The molecule has 0 aromatic heterocycles. The molecular formula is C15H10O3. The van der Waals surface area contributed by atoms with Gasteiger partial charge in [-0.05, 0) is 6.42 Å². The highest BCUT2D eigenvalue weighted by molar-refractivity contribution is 6.28. The topological polar surface area (TPSA) is 51.2 Å². The van der Waals surface area contributed by atoms with E-state index in [1.807, 2.05) is 0 Å². The lowest BCUT2D eigenvalue weighted by molar-refractivity contribution is -0.109. The summed E-state index contributed by atoms with van der Waals surface area (Å²) in [6.07, 6.45) is 4.42. The molecule has 3 nitrogen and oxygen atoms in total. The van der Waals surface area contributed by atoms with Crippen LogP contribution in [0.2, 0.25) is 0 Å². The van der Waals surface area contributed by atoms with Crippen LogP contribution in [0.3, 0.4) is 0 Å². The summed E-state index contributed by atoms with van der Waals surface area (Å²) in [4.78, 5) is 35.3. The third-order valence-electron chi connectivity index (χ3n) is 3.38. The van der Waals surface area contributed by atoms with Crippen molar-refractivity contribution in [3.05, 3.63) is 58.7 Å². The van der Waals surface area contributed by atoms with E-state index in [2.05, 4.69) is 0 Å². The van der Waals surface area contributed by atoms with Crippen LogP contribution in [0.15, 0.2) is 47.6 Å². The monoisotopic (exact) mass is 238 g/mol. The van der Waals surface area contributed by atoms with Gasteiger partial charge in [0.1, 0.15) is 6.29 Å². The van der Waals surface area contributed by atoms with Crippen LogP contribution in [0, 0.1) is 5.92 Å². The van der Waals surface area contributed by atoms with Crippen molar-refractivity contribution >= 4 is 17.9 Å². The molecule has 88 valence electrons. The summed E-state index contributed by atoms with van der Waals surface area (Å²) >= 11 is 0. The van der Waals surface area contributed by atoms with Crippen LogP contribution >= 0.6 is 0 Å². The smallest absolute Gasteiger partial charge is 0.194 e. The maximum Gasteiger partial charge on any atom is 0.194 e. The zero-order valence-electron chi connectivity index (χ0n) is 9.55. The van der Waals surface area contributed by atoms with Crippen molar-refractivity contribution in [3.8, 4) is 0 Å². The van der Waals surface area contributed by atoms with Gasteiger partial charge in [0, 0.05) is 28.2 Å². The fourth-order valence-electron chi connectivity index (χ4n) is 2.44. The number of hydrogen-bond donors (Lipinski definition) is 0. The Balaban J connectivity index is 2.16. The number of rotatable bonds is 1. The minimum Gasteiger partial charge on any atom is -0.303 e. The van der Waals surface area contributed by atoms with E-state index in [0.29, 0.717) is 28.7 Å². The molecule has 0 N–H and O–H groups in total. The fourth-order valence-corrected chi connectivity index (χ4v) is 2.44. The highest BCUT2D eigenvalue weighted by Gasteiger charge is 2.33. The van der Waals surface area contributed by atoms with E-state index in [0.717, 1.165) is 6.29 Å². The lowest BCUT2D eigenvalue weighted by Crippen LogP contribution is -2.24. The lowest BCUT2D eigenvalue weighted by atomic mass is 9.78. The van der Waals surface area contributed by atoms with Crippen molar-refractivity contribution in [1.29, 1.82) is 0 Å². The first-order valence-corrected chi connectivity index (χ1v) is 5.77. The Morgan fingerprint density at radius 1 is 1.06 bits per heavy atom. The number of carbonyl (C=O) groups is 3. The van der Waals surface area contributed by atoms with Gasteiger partial charge in [0.05, 0.1) is 0 Å². The van der Waals surface area contributed by atoms with E-state index in [1.54, 1.807) is 36.4 Å². The van der Waals surface area contributed by atoms with Crippen molar-refractivity contribution in [1.82, 2.24) is 0 Å². The van der Waals surface area contributed by atoms with E-state index < -0.39 is 0 Å². The molecule has 0 aliphatic heterocycles. The zero-order chi connectivity index (χ0) is 12.7. The van der Waals surface area contributed by atoms with Crippen LogP contribution in [-0.4, -0.2) is 17.9 Å². The van der Waals surface area contributed by atoms with Crippen LogP contribution < -0.4 is 0 Å². The second kappa shape index (κ2) is 3.88. The summed E-state index contributed by atoms with van der Waals surface area (Å²) in [5.41, 5.74) is 1.81. The molecule has 0 fully saturated rings. The van der Waals surface area contributed by atoms with Crippen LogP contribution in [-0.2, 0) is 4.79 Å². The van der Waals surface area contributed by atoms with Gasteiger partial charge in [0.2, 0.25) is 0 Å². The molecule has 3 rings (SSSR count). The quantitative estimate of drug-likeness (QED) is 0.704. The summed E-state index contributed by atoms with van der Waals surface area (Å²) < 4.78 is 0. The average Bonchev–Trinajstić information content (AvgIpc) is 2.44. The molecule has 0 bridgehead atoms. The minimum absolute atomic E-state index is 0.124. The molecule has 0 saturated heterocycles. The SMILES string of the molecule is O=CC1C=CC2=C(C1)C(=O)c1ccccc1C2=O. The predicted octanol–water partition coefficient (Wildman–Crippen LogP) is 2.14. The van der Waals surface area contributed by atoms with Gasteiger partial charge >= 0.3 is 0 Å². The first kappa shape index (κ1) is 10.8. The molecule has 0 radical (unpaired) electrons. The molecule has 2 aliphatic carbocycles. The first-order valence-electron chi connectivity index (χ1n) is 5.77. The Labute approximate surface area is 104 Å². The molecule has 0 spiro atoms. The van der Waals surface area contributed by atoms with Gasteiger partial charge in [-0.25, -0.2) is 0 Å². The minimum atomic E-state index is -0.300. The molecule has 0 saturated carbocycles. The third-order valence-corrected chi connectivity index (χ3v) is 3.38. The van der Waals surface area contributed by atoms with Crippen LogP contribution in [0.1, 0.15) is 27.1 Å². The maximum atomic E-state index is 12.3. The van der Waals surface area contributed by atoms with E-state index in [-0.39, 0.29) is 17.5 Å². The second-order valence-electron chi connectivity index (χ2n) is 4.46. The van der Waals surface area contributed by atoms with Gasteiger partial charge in [-0.15, -0.1) is 0 Å². The van der Waals surface area contributed by atoms with E-state index in [9.17, 15) is 14.4 Å². The Bertz CT molecular complexity index is 635. The molecule has 2 aliphatic rings. The van der Waals surface area contributed by atoms with Crippen molar-refractivity contribution in [3.63, 3.8) is 0 Å². The molecule has 1 aromatic rings. The van der Waals surface area contributed by atoms with E-state index in [4.69, 9.17) is 0 Å². The highest BCUT2D eigenvalue weighted by atomic mass is 16.1. The molecule has 0 amide bonds. The molecule has 1 aromatic carbocycles. The summed E-state index contributed by atoms with van der Waals surface area (Å²) in [7, 11) is 0. The molecule has 1 unspecified atom stereocenters. The fraction of sp³-hybridized carbons (Fsp3) is 0.133. The van der Waals surface area contributed by atoms with Crippen molar-refractivity contribution < 1.29 is 14.4 Å². The molecule has 1 atom stereocenters. The van der Waals surface area contributed by atoms with Crippen molar-refractivity contribution in [2.45, 2.75) is 6.42 Å². The first-order chi connectivity index (χ1) is 8.72. The summed E-state index contributed by atoms with van der Waals surface area (Å²) in [5.74, 6) is -0.553. The summed E-state index contributed by atoms with van der Waals surface area (Å²) in [6, 6.07) is 6.81. The Hall–Kier alpha value is -2.29. The zero-order valence-corrected chi connectivity index (χ0v) is 9.55. The van der Waals surface area contributed by atoms with Crippen molar-refractivity contribution in [2.24, 2.45) is 5.92 Å². The van der Waals surface area contributed by atoms with Gasteiger partial charge in [-0.3, -0.25) is 9.59 Å². The number of benzene rings is 1. The predicted molar refractivity (Wildman–Crippen MR) is 65.4 cm³/mol. The average molecular weight is 238 g/mol. The Kier molecular flexibility index (Phi) is 2.33. The normalized spacial score (nSPS) is 21.7. The Morgan fingerprint density at radius 3 is 2.39 bits per heavy atom. The maximum absolute atomic E-state index is 12.3. The number of allylic oxidation sites excluding steroid dienone is 4. The van der Waals surface area contributed by atoms with E-state index in [1.165, 1.54) is 0 Å². The van der Waals surface area contributed by atoms with Gasteiger partial charge in [0.15, 0.2) is 11.6 Å². The number of ketones is 2. The highest BCUT2D eigenvalue weighted by Crippen LogP contribution is 2.33. The van der Waals surface area contributed by atoms with Crippen LogP contribution in [0.4, 0.5) is 0 Å². The third kappa shape index (κ3) is 1.40.